The number of aliphatic hydroxyl groups is 1. The van der Waals surface area contributed by atoms with Gasteiger partial charge in [-0.25, -0.2) is 9.78 Å². The average molecular weight is 555 g/mol. The second-order valence-electron chi connectivity index (χ2n) is 10.4. The largest absolute Gasteiger partial charge is 0.497 e. The molecule has 0 aliphatic carbocycles. The highest BCUT2D eigenvalue weighted by Gasteiger charge is 2.49. The SMILES string of the molecule is COc1ccc(NC(=O)N2CCCCN3C(CO)C(c4ccc(-c5csc(-c6ccccc6)n5)cc4)C3C2)cc1. The number of aliphatic hydroxyl groups excluding tert-OH is 1. The van der Waals surface area contributed by atoms with Crippen molar-refractivity contribution < 1.29 is 14.6 Å². The molecule has 3 unspecified atom stereocenters. The van der Waals surface area contributed by atoms with Crippen LogP contribution in [0, 0.1) is 0 Å². The number of methoxy groups -OCH3 is 1. The maximum atomic E-state index is 13.3. The van der Waals surface area contributed by atoms with Crippen molar-refractivity contribution in [3.05, 3.63) is 89.8 Å². The summed E-state index contributed by atoms with van der Waals surface area (Å²) in [5.74, 6) is 0.911. The third kappa shape index (κ3) is 5.35. The van der Waals surface area contributed by atoms with Gasteiger partial charge in [0.05, 0.1) is 19.4 Å². The van der Waals surface area contributed by atoms with E-state index in [0.29, 0.717) is 6.54 Å². The van der Waals surface area contributed by atoms with E-state index in [1.54, 1.807) is 18.4 Å². The molecule has 0 spiro atoms. The normalized spacial score (nSPS) is 21.1. The maximum absolute atomic E-state index is 13.3. The highest BCUT2D eigenvalue weighted by atomic mass is 32.1. The molecule has 1 aromatic heterocycles. The molecule has 40 heavy (non-hydrogen) atoms. The second kappa shape index (κ2) is 11.8. The van der Waals surface area contributed by atoms with Gasteiger partial charge in [0.1, 0.15) is 10.8 Å². The van der Waals surface area contributed by atoms with Crippen molar-refractivity contribution in [3.63, 3.8) is 0 Å². The van der Waals surface area contributed by atoms with E-state index in [1.807, 2.05) is 47.4 Å². The number of hydrogen-bond donors (Lipinski definition) is 2. The molecule has 2 aliphatic rings. The first-order chi connectivity index (χ1) is 19.6. The van der Waals surface area contributed by atoms with Gasteiger partial charge in [-0.05, 0) is 49.2 Å². The minimum absolute atomic E-state index is 0.0596. The van der Waals surface area contributed by atoms with Gasteiger partial charge in [-0.2, -0.15) is 0 Å². The Morgan fingerprint density at radius 1 is 1.00 bits per heavy atom. The summed E-state index contributed by atoms with van der Waals surface area (Å²) in [6, 6.07) is 26.4. The van der Waals surface area contributed by atoms with Gasteiger partial charge < -0.3 is 20.1 Å². The number of hydrogen-bond acceptors (Lipinski definition) is 6. The lowest BCUT2D eigenvalue weighted by Gasteiger charge is -2.57. The number of thiazole rings is 1. The van der Waals surface area contributed by atoms with Crippen LogP contribution >= 0.6 is 11.3 Å². The molecule has 2 amide bonds. The predicted octanol–water partition coefficient (Wildman–Crippen LogP) is 5.94. The molecule has 0 radical (unpaired) electrons. The molecule has 2 N–H and O–H groups in total. The highest BCUT2D eigenvalue weighted by Crippen LogP contribution is 2.42. The Morgan fingerprint density at radius 3 is 2.48 bits per heavy atom. The van der Waals surface area contributed by atoms with E-state index in [1.165, 1.54) is 5.56 Å². The van der Waals surface area contributed by atoms with Crippen molar-refractivity contribution in [3.8, 4) is 27.6 Å². The number of carbonyl (C=O) groups excluding carboxylic acids is 1. The zero-order valence-electron chi connectivity index (χ0n) is 22.6. The van der Waals surface area contributed by atoms with Crippen molar-refractivity contribution in [1.29, 1.82) is 0 Å². The Hall–Kier alpha value is -3.72. The molecule has 2 saturated heterocycles. The van der Waals surface area contributed by atoms with E-state index in [-0.39, 0.29) is 30.6 Å². The average Bonchev–Trinajstić information content (AvgIpc) is 3.48. The fraction of sp³-hybridized carbons (Fsp3) is 0.312. The summed E-state index contributed by atoms with van der Waals surface area (Å²) in [6.45, 7) is 2.39. The molecular formula is C32H34N4O3S. The Kier molecular flexibility index (Phi) is 7.82. The van der Waals surface area contributed by atoms with Crippen LogP contribution < -0.4 is 10.1 Å². The summed E-state index contributed by atoms with van der Waals surface area (Å²) in [7, 11) is 1.63. The molecule has 4 aromatic rings. The van der Waals surface area contributed by atoms with Gasteiger partial charge in [-0.1, -0.05) is 54.6 Å². The van der Waals surface area contributed by atoms with Gasteiger partial charge in [-0.3, -0.25) is 4.90 Å². The number of ether oxygens (including phenoxy) is 1. The molecule has 206 valence electrons. The molecular weight excluding hydrogens is 520 g/mol. The van der Waals surface area contributed by atoms with Crippen LogP contribution in [0.2, 0.25) is 0 Å². The van der Waals surface area contributed by atoms with Crippen molar-refractivity contribution in [1.82, 2.24) is 14.8 Å². The summed E-state index contributed by atoms with van der Waals surface area (Å²) in [4.78, 5) is 22.5. The van der Waals surface area contributed by atoms with Crippen LogP contribution in [0.25, 0.3) is 21.8 Å². The van der Waals surface area contributed by atoms with Gasteiger partial charge in [0.2, 0.25) is 0 Å². The number of nitrogens with one attached hydrogen (secondary N) is 1. The van der Waals surface area contributed by atoms with Crippen molar-refractivity contribution in [2.75, 3.05) is 38.7 Å². The number of anilines is 1. The molecule has 3 atom stereocenters. The topological polar surface area (TPSA) is 77.9 Å². The molecule has 6 rings (SSSR count). The smallest absolute Gasteiger partial charge is 0.321 e. The van der Waals surface area contributed by atoms with Gasteiger partial charge in [-0.15, -0.1) is 11.3 Å². The van der Waals surface area contributed by atoms with Gasteiger partial charge in [0, 0.05) is 53.3 Å². The van der Waals surface area contributed by atoms with E-state index in [4.69, 9.17) is 9.72 Å². The summed E-state index contributed by atoms with van der Waals surface area (Å²) in [5.41, 5.74) is 5.11. The second-order valence-corrected chi connectivity index (χ2v) is 11.3. The van der Waals surface area contributed by atoms with Gasteiger partial charge >= 0.3 is 6.03 Å². The Morgan fingerprint density at radius 2 is 1.75 bits per heavy atom. The standard InChI is InChI=1S/C32H34N4O3S/c1-39-26-15-13-25(14-16-26)33-32(38)35-17-5-6-18-36-28(19-35)30(29(36)20-37)23-11-9-22(10-12-23)27-21-40-31(34-27)24-7-3-2-4-8-24/h2-4,7-16,21,28-30,37H,5-6,17-20H2,1H3,(H,33,38). The third-order valence-corrected chi connectivity index (χ3v) is 9.01. The maximum Gasteiger partial charge on any atom is 0.321 e. The van der Waals surface area contributed by atoms with Crippen LogP contribution in [0.4, 0.5) is 10.5 Å². The number of benzene rings is 3. The monoisotopic (exact) mass is 554 g/mol. The molecule has 2 aliphatic heterocycles. The van der Waals surface area contributed by atoms with Crippen molar-refractivity contribution in [2.24, 2.45) is 0 Å². The lowest BCUT2D eigenvalue weighted by molar-refractivity contribution is -0.0585. The molecule has 0 bridgehead atoms. The first-order valence-electron chi connectivity index (χ1n) is 13.8. The molecule has 3 heterocycles. The third-order valence-electron chi connectivity index (χ3n) is 8.11. The van der Waals surface area contributed by atoms with Crippen molar-refractivity contribution in [2.45, 2.75) is 30.8 Å². The van der Waals surface area contributed by atoms with E-state index in [9.17, 15) is 9.90 Å². The summed E-state index contributed by atoms with van der Waals surface area (Å²) in [5, 5.41) is 16.5. The number of aromatic nitrogens is 1. The number of carbonyl (C=O) groups is 1. The Bertz CT molecular complexity index is 1420. The number of amides is 2. The summed E-state index contributed by atoms with van der Waals surface area (Å²) < 4.78 is 5.23. The van der Waals surface area contributed by atoms with Crippen LogP contribution in [0.1, 0.15) is 24.3 Å². The minimum atomic E-state index is -0.0914. The van der Waals surface area contributed by atoms with Crippen LogP contribution in [-0.4, -0.2) is 71.4 Å². The quantitative estimate of drug-likeness (QED) is 0.308. The summed E-state index contributed by atoms with van der Waals surface area (Å²) in [6.07, 6.45) is 1.94. The molecule has 7 nitrogen and oxygen atoms in total. The van der Waals surface area contributed by atoms with Crippen LogP contribution in [-0.2, 0) is 0 Å². The Labute approximate surface area is 239 Å². The molecule has 8 heteroatoms. The fourth-order valence-electron chi connectivity index (χ4n) is 6.00. The van der Waals surface area contributed by atoms with Crippen LogP contribution in [0.15, 0.2) is 84.2 Å². The zero-order chi connectivity index (χ0) is 27.5. The predicted molar refractivity (Wildman–Crippen MR) is 160 cm³/mol. The molecule has 0 saturated carbocycles. The van der Waals surface area contributed by atoms with E-state index in [2.05, 4.69) is 52.0 Å². The highest BCUT2D eigenvalue weighted by molar-refractivity contribution is 7.13. The summed E-state index contributed by atoms with van der Waals surface area (Å²) >= 11 is 1.65. The van der Waals surface area contributed by atoms with Crippen LogP contribution in [0.3, 0.4) is 0 Å². The first-order valence-corrected chi connectivity index (χ1v) is 14.7. The van der Waals surface area contributed by atoms with E-state index in [0.717, 1.165) is 59.2 Å². The lowest BCUT2D eigenvalue weighted by Crippen LogP contribution is -2.68. The van der Waals surface area contributed by atoms with E-state index < -0.39 is 0 Å². The first kappa shape index (κ1) is 26.5. The number of rotatable bonds is 6. The number of nitrogens with zero attached hydrogens (tertiary/aromatic N) is 3. The zero-order valence-corrected chi connectivity index (χ0v) is 23.4. The van der Waals surface area contributed by atoms with Crippen LogP contribution in [0.5, 0.6) is 5.75 Å². The van der Waals surface area contributed by atoms with Gasteiger partial charge in [0.25, 0.3) is 0 Å². The van der Waals surface area contributed by atoms with Crippen molar-refractivity contribution >= 4 is 23.1 Å². The molecule has 2 fully saturated rings. The number of urea groups is 1. The van der Waals surface area contributed by atoms with Gasteiger partial charge in [0.15, 0.2) is 0 Å². The lowest BCUT2D eigenvalue weighted by atomic mass is 9.74. The minimum Gasteiger partial charge on any atom is -0.497 e. The number of fused-ring (bicyclic) bond motifs is 1. The fourth-order valence-corrected chi connectivity index (χ4v) is 6.83. The van der Waals surface area contributed by atoms with E-state index >= 15 is 0 Å². The molecule has 3 aromatic carbocycles. The Balaban J connectivity index is 1.18.